The molecule has 1 aliphatic heterocycles. The molecular formula is C25H44N4O5S. The van der Waals surface area contributed by atoms with Crippen LogP contribution in [0.2, 0.25) is 0 Å². The van der Waals surface area contributed by atoms with E-state index in [4.69, 9.17) is 9.47 Å². The predicted octanol–water partition coefficient (Wildman–Crippen LogP) is 1.82. The molecule has 1 fully saturated rings. The largest absolute Gasteiger partial charge is 0.497 e. The minimum Gasteiger partial charge on any atom is -0.497 e. The third-order valence-electron chi connectivity index (χ3n) is 6.69. The van der Waals surface area contributed by atoms with Gasteiger partial charge in [-0.3, -0.25) is 4.79 Å². The van der Waals surface area contributed by atoms with E-state index in [1.807, 2.05) is 7.05 Å². The highest BCUT2D eigenvalue weighted by Crippen LogP contribution is 2.27. The predicted molar refractivity (Wildman–Crippen MR) is 139 cm³/mol. The van der Waals surface area contributed by atoms with Crippen molar-refractivity contribution in [3.05, 3.63) is 23.3 Å². The summed E-state index contributed by atoms with van der Waals surface area (Å²) in [6.45, 7) is 7.97. The molecule has 0 N–H and O–H groups in total. The molecule has 10 heteroatoms. The zero-order valence-corrected chi connectivity index (χ0v) is 23.4. The van der Waals surface area contributed by atoms with Gasteiger partial charge in [0, 0.05) is 39.8 Å². The molecule has 0 spiro atoms. The molecule has 2 rings (SSSR count). The first-order valence-corrected chi connectivity index (χ1v) is 13.7. The second kappa shape index (κ2) is 13.5. The fourth-order valence-corrected chi connectivity index (χ4v) is 6.07. The Labute approximate surface area is 212 Å². The van der Waals surface area contributed by atoms with E-state index in [9.17, 15) is 13.2 Å². The van der Waals surface area contributed by atoms with Crippen LogP contribution >= 0.6 is 0 Å². The van der Waals surface area contributed by atoms with Crippen molar-refractivity contribution in [2.75, 3.05) is 81.2 Å². The van der Waals surface area contributed by atoms with Crippen LogP contribution in [-0.4, -0.2) is 121 Å². The minimum atomic E-state index is -3.68. The van der Waals surface area contributed by atoms with Crippen LogP contribution in [0.25, 0.3) is 0 Å². The van der Waals surface area contributed by atoms with Crippen LogP contribution < -0.4 is 4.74 Å². The molecule has 1 aliphatic rings. The number of piperidine rings is 1. The van der Waals surface area contributed by atoms with E-state index in [1.165, 1.54) is 11.4 Å². The van der Waals surface area contributed by atoms with E-state index in [0.29, 0.717) is 16.9 Å². The number of carbonyl (C=O) groups is 1. The van der Waals surface area contributed by atoms with Crippen LogP contribution in [0, 0.1) is 13.8 Å². The Balaban J connectivity index is 1.76. The number of ether oxygens (including phenoxy) is 2. The van der Waals surface area contributed by atoms with Gasteiger partial charge >= 0.3 is 0 Å². The van der Waals surface area contributed by atoms with Gasteiger partial charge in [-0.1, -0.05) is 0 Å². The van der Waals surface area contributed by atoms with Crippen LogP contribution in [0.3, 0.4) is 0 Å². The second-order valence-electron chi connectivity index (χ2n) is 9.70. The van der Waals surface area contributed by atoms with Gasteiger partial charge in [0.15, 0.2) is 0 Å². The number of likely N-dealkylation sites (tertiary alicyclic amines) is 1. The molecule has 0 atom stereocenters. The Bertz CT molecular complexity index is 907. The number of methoxy groups -OCH3 is 1. The summed E-state index contributed by atoms with van der Waals surface area (Å²) in [5.41, 5.74) is 1.27. The number of hydrogen-bond acceptors (Lipinski definition) is 7. The molecule has 9 nitrogen and oxygen atoms in total. The quantitative estimate of drug-likeness (QED) is 0.373. The maximum atomic E-state index is 13.1. The highest BCUT2D eigenvalue weighted by atomic mass is 32.2. The average molecular weight is 513 g/mol. The Morgan fingerprint density at radius 2 is 1.66 bits per heavy atom. The van der Waals surface area contributed by atoms with Crippen molar-refractivity contribution in [1.82, 2.24) is 19.0 Å². The van der Waals surface area contributed by atoms with Gasteiger partial charge in [-0.2, -0.15) is 4.31 Å². The maximum Gasteiger partial charge on any atom is 0.248 e. The minimum absolute atomic E-state index is 0.0476. The van der Waals surface area contributed by atoms with Gasteiger partial charge in [0.2, 0.25) is 15.9 Å². The molecule has 35 heavy (non-hydrogen) atoms. The Kier molecular flexibility index (Phi) is 11.4. The fourth-order valence-electron chi connectivity index (χ4n) is 4.51. The molecule has 0 aliphatic carbocycles. The summed E-state index contributed by atoms with van der Waals surface area (Å²) < 4.78 is 38.3. The van der Waals surface area contributed by atoms with Gasteiger partial charge in [0.05, 0.1) is 18.6 Å². The molecule has 1 saturated heterocycles. The molecule has 1 heterocycles. The lowest BCUT2D eigenvalue weighted by atomic mass is 10.0. The molecule has 0 saturated carbocycles. The number of amides is 1. The number of aryl methyl sites for hydroxylation is 2. The topological polar surface area (TPSA) is 82.6 Å². The molecular weight excluding hydrogens is 468 g/mol. The van der Waals surface area contributed by atoms with E-state index in [2.05, 4.69) is 23.9 Å². The zero-order chi connectivity index (χ0) is 26.2. The summed E-state index contributed by atoms with van der Waals surface area (Å²) in [6, 6.07) is 3.65. The molecule has 0 radical (unpaired) electrons. The van der Waals surface area contributed by atoms with E-state index < -0.39 is 10.0 Å². The number of benzene rings is 1. The summed E-state index contributed by atoms with van der Waals surface area (Å²) in [4.78, 5) is 19.4. The van der Waals surface area contributed by atoms with E-state index in [0.717, 1.165) is 45.4 Å². The highest BCUT2D eigenvalue weighted by Gasteiger charge is 2.27. The molecule has 1 aromatic rings. The fraction of sp³-hybridized carbons (Fsp3) is 0.720. The van der Waals surface area contributed by atoms with Gasteiger partial charge in [0.25, 0.3) is 0 Å². The lowest BCUT2D eigenvalue weighted by Crippen LogP contribution is -2.47. The Morgan fingerprint density at radius 1 is 1.06 bits per heavy atom. The average Bonchev–Trinajstić information content (AvgIpc) is 2.80. The number of rotatable bonds is 13. The second-order valence-corrected chi connectivity index (χ2v) is 11.7. The molecule has 0 bridgehead atoms. The number of hydrogen-bond donors (Lipinski definition) is 0. The van der Waals surface area contributed by atoms with Crippen molar-refractivity contribution in [2.45, 2.75) is 44.0 Å². The molecule has 0 aromatic heterocycles. The molecule has 0 unspecified atom stereocenters. The van der Waals surface area contributed by atoms with Gasteiger partial charge in [-0.05, 0) is 83.6 Å². The maximum absolute atomic E-state index is 13.1. The summed E-state index contributed by atoms with van der Waals surface area (Å²) in [7, 11) is 5.43. The smallest absolute Gasteiger partial charge is 0.248 e. The first-order chi connectivity index (χ1) is 16.5. The first kappa shape index (κ1) is 29.5. The van der Waals surface area contributed by atoms with Crippen LogP contribution in [0.5, 0.6) is 5.75 Å². The van der Waals surface area contributed by atoms with Crippen LogP contribution in [0.4, 0.5) is 0 Å². The molecule has 1 amide bonds. The monoisotopic (exact) mass is 512 g/mol. The van der Waals surface area contributed by atoms with Crippen molar-refractivity contribution in [3.63, 3.8) is 0 Å². The van der Waals surface area contributed by atoms with Crippen molar-refractivity contribution >= 4 is 15.9 Å². The van der Waals surface area contributed by atoms with Gasteiger partial charge in [-0.15, -0.1) is 0 Å². The van der Waals surface area contributed by atoms with Crippen LogP contribution in [-0.2, 0) is 19.6 Å². The Hall–Kier alpha value is -1.72. The van der Waals surface area contributed by atoms with E-state index in [-0.39, 0.29) is 36.6 Å². The van der Waals surface area contributed by atoms with E-state index >= 15 is 0 Å². The number of likely N-dealkylation sites (N-methyl/N-ethyl adjacent to an activating group) is 2. The molecule has 200 valence electrons. The number of nitrogens with zero attached hydrogens (tertiary/aromatic N) is 4. The lowest BCUT2D eigenvalue weighted by Gasteiger charge is -2.36. The number of sulfonamides is 1. The van der Waals surface area contributed by atoms with Gasteiger partial charge < -0.3 is 24.2 Å². The van der Waals surface area contributed by atoms with Gasteiger partial charge in [-0.25, -0.2) is 8.42 Å². The van der Waals surface area contributed by atoms with Gasteiger partial charge in [0.1, 0.15) is 12.4 Å². The summed E-state index contributed by atoms with van der Waals surface area (Å²) >= 11 is 0. The number of carbonyl (C=O) groups excluding carboxylic acids is 1. The zero-order valence-electron chi connectivity index (χ0n) is 22.5. The van der Waals surface area contributed by atoms with Crippen molar-refractivity contribution in [2.24, 2.45) is 0 Å². The summed E-state index contributed by atoms with van der Waals surface area (Å²) in [6.07, 6.45) is 3.08. The summed E-state index contributed by atoms with van der Waals surface area (Å²) in [5.74, 6) is 0.561. The lowest BCUT2D eigenvalue weighted by molar-refractivity contribution is -0.137. The normalized spacial score (nSPS) is 15.7. The Morgan fingerprint density at radius 3 is 2.20 bits per heavy atom. The van der Waals surface area contributed by atoms with Crippen molar-refractivity contribution in [3.8, 4) is 5.75 Å². The van der Waals surface area contributed by atoms with Crippen molar-refractivity contribution < 1.29 is 22.7 Å². The third-order valence-corrected chi connectivity index (χ3v) is 8.85. The van der Waals surface area contributed by atoms with E-state index in [1.54, 1.807) is 38.0 Å². The highest BCUT2D eigenvalue weighted by molar-refractivity contribution is 7.89. The standard InChI is InChI=1S/C25H44N4O5S/c1-20-17-23(33-7)18-21(2)25(20)35(31,32)27(5)15-16-34-19-24(30)28(6)22-9-13-29(14-10-22)12-8-11-26(3)4/h17-18,22H,8-16,19H2,1-7H3. The van der Waals surface area contributed by atoms with Crippen LogP contribution in [0.1, 0.15) is 30.4 Å². The SMILES string of the molecule is COc1cc(C)c(S(=O)(=O)N(C)CCOCC(=O)N(C)C2CCN(CCCN(C)C)CC2)c(C)c1. The third kappa shape index (κ3) is 8.42. The van der Waals surface area contributed by atoms with Crippen LogP contribution in [0.15, 0.2) is 17.0 Å². The first-order valence-electron chi connectivity index (χ1n) is 12.3. The van der Waals surface area contributed by atoms with Crippen molar-refractivity contribution in [1.29, 1.82) is 0 Å². The molecule has 1 aromatic carbocycles. The summed E-state index contributed by atoms with van der Waals surface area (Å²) in [5, 5.41) is 0.